The highest BCUT2D eigenvalue weighted by molar-refractivity contribution is 5.24. The van der Waals surface area contributed by atoms with Crippen LogP contribution in [0, 0.1) is 34.5 Å². The topological polar surface area (TPSA) is 54.5 Å². The summed E-state index contributed by atoms with van der Waals surface area (Å²) in [5, 5.41) is 17.5. The molecular formula is C16H22N4. The third-order valence-corrected chi connectivity index (χ3v) is 5.93. The molecule has 0 N–H and O–H groups in total. The van der Waals surface area contributed by atoms with E-state index in [1.54, 1.807) is 0 Å². The van der Waals surface area contributed by atoms with Crippen molar-refractivity contribution in [3.8, 4) is 6.07 Å². The van der Waals surface area contributed by atoms with Crippen LogP contribution in [-0.2, 0) is 13.0 Å². The molecule has 1 aromatic rings. The van der Waals surface area contributed by atoms with Gasteiger partial charge in [-0.3, -0.25) is 0 Å². The normalized spacial score (nSPS) is 38.1. The van der Waals surface area contributed by atoms with Crippen molar-refractivity contribution in [3.05, 3.63) is 11.4 Å². The van der Waals surface area contributed by atoms with Gasteiger partial charge in [-0.25, -0.2) is 4.68 Å². The van der Waals surface area contributed by atoms with Gasteiger partial charge >= 0.3 is 0 Å². The Bertz CT molecular complexity index is 530. The van der Waals surface area contributed by atoms with Crippen LogP contribution < -0.4 is 0 Å². The van der Waals surface area contributed by atoms with Crippen LogP contribution in [0.4, 0.5) is 0 Å². The molecule has 0 aromatic carbocycles. The molecule has 4 heteroatoms. The van der Waals surface area contributed by atoms with E-state index < -0.39 is 0 Å². The Balaban J connectivity index is 1.63. The molecule has 0 aliphatic heterocycles. The van der Waals surface area contributed by atoms with Crippen molar-refractivity contribution in [1.29, 1.82) is 5.26 Å². The molecular weight excluding hydrogens is 248 g/mol. The van der Waals surface area contributed by atoms with Gasteiger partial charge in [-0.1, -0.05) is 12.1 Å². The summed E-state index contributed by atoms with van der Waals surface area (Å²) >= 11 is 0. The molecule has 20 heavy (non-hydrogen) atoms. The zero-order chi connectivity index (χ0) is 13.7. The molecule has 0 spiro atoms. The SMILES string of the molecule is CCc1c(C#N)nnn1CC12CC3CC(CC(C3)C1)C2. The average Bonchev–Trinajstić information content (AvgIpc) is 2.78. The molecule has 1 aromatic heterocycles. The first kappa shape index (κ1) is 12.4. The second kappa shape index (κ2) is 4.31. The van der Waals surface area contributed by atoms with E-state index in [2.05, 4.69) is 23.3 Å². The number of rotatable bonds is 3. The summed E-state index contributed by atoms with van der Waals surface area (Å²) in [4.78, 5) is 0. The lowest BCUT2D eigenvalue weighted by molar-refractivity contribution is -0.0641. The summed E-state index contributed by atoms with van der Waals surface area (Å²) in [6.07, 6.45) is 9.40. The quantitative estimate of drug-likeness (QED) is 0.848. The van der Waals surface area contributed by atoms with Crippen LogP contribution in [0.15, 0.2) is 0 Å². The lowest BCUT2D eigenvalue weighted by atomic mass is 9.49. The molecule has 4 aliphatic carbocycles. The zero-order valence-corrected chi connectivity index (χ0v) is 12.2. The molecule has 0 amide bonds. The van der Waals surface area contributed by atoms with E-state index in [-0.39, 0.29) is 0 Å². The fourth-order valence-electron chi connectivity index (χ4n) is 5.70. The molecule has 4 aliphatic rings. The first-order chi connectivity index (χ1) is 9.71. The third-order valence-electron chi connectivity index (χ3n) is 5.93. The van der Waals surface area contributed by atoms with E-state index in [9.17, 15) is 0 Å². The van der Waals surface area contributed by atoms with Gasteiger partial charge in [-0.05, 0) is 68.1 Å². The number of hydrogen-bond donors (Lipinski definition) is 0. The predicted octanol–water partition coefficient (Wildman–Crippen LogP) is 2.93. The van der Waals surface area contributed by atoms with E-state index >= 15 is 0 Å². The lowest BCUT2D eigenvalue weighted by Crippen LogP contribution is -2.48. The number of nitriles is 1. The minimum absolute atomic E-state index is 0.457. The van der Waals surface area contributed by atoms with Gasteiger partial charge in [-0.2, -0.15) is 5.26 Å². The van der Waals surface area contributed by atoms with Crippen molar-refractivity contribution in [2.75, 3.05) is 0 Å². The van der Waals surface area contributed by atoms with Gasteiger partial charge in [0.1, 0.15) is 6.07 Å². The Hall–Kier alpha value is -1.37. The molecule has 4 bridgehead atoms. The fourth-order valence-corrected chi connectivity index (χ4v) is 5.70. The molecule has 4 saturated carbocycles. The van der Waals surface area contributed by atoms with Gasteiger partial charge in [0, 0.05) is 6.54 Å². The van der Waals surface area contributed by atoms with Crippen molar-refractivity contribution in [2.24, 2.45) is 23.2 Å². The maximum Gasteiger partial charge on any atom is 0.185 e. The Kier molecular flexibility index (Phi) is 2.67. The standard InChI is InChI=1S/C16H22N4/c1-2-15-14(9-17)18-19-20(15)10-16-6-11-3-12(7-16)5-13(4-11)8-16/h11-13H,2-8,10H2,1H3. The van der Waals surface area contributed by atoms with E-state index in [0.717, 1.165) is 36.4 Å². The minimum Gasteiger partial charge on any atom is -0.247 e. The first-order valence-electron chi connectivity index (χ1n) is 8.04. The van der Waals surface area contributed by atoms with Gasteiger partial charge in [0.15, 0.2) is 5.69 Å². The summed E-state index contributed by atoms with van der Waals surface area (Å²) in [6.45, 7) is 3.09. The number of nitrogens with zero attached hydrogens (tertiary/aromatic N) is 4. The van der Waals surface area contributed by atoms with Crippen LogP contribution >= 0.6 is 0 Å². The summed E-state index contributed by atoms with van der Waals surface area (Å²) < 4.78 is 2.05. The van der Waals surface area contributed by atoms with Crippen molar-refractivity contribution < 1.29 is 0 Å². The highest BCUT2D eigenvalue weighted by atomic mass is 15.4. The summed E-state index contributed by atoms with van der Waals surface area (Å²) in [6, 6.07) is 2.18. The van der Waals surface area contributed by atoms with Gasteiger partial charge in [0.2, 0.25) is 0 Å². The third kappa shape index (κ3) is 1.79. The molecule has 106 valence electrons. The van der Waals surface area contributed by atoms with Gasteiger partial charge in [0.05, 0.1) is 5.69 Å². The van der Waals surface area contributed by atoms with Crippen LogP contribution in [0.1, 0.15) is 56.8 Å². The Morgan fingerprint density at radius 2 is 1.80 bits per heavy atom. The monoisotopic (exact) mass is 270 g/mol. The molecule has 4 fully saturated rings. The minimum atomic E-state index is 0.457. The van der Waals surface area contributed by atoms with Crippen LogP contribution in [-0.4, -0.2) is 15.0 Å². The maximum atomic E-state index is 9.13. The highest BCUT2D eigenvalue weighted by Gasteiger charge is 2.51. The van der Waals surface area contributed by atoms with Crippen molar-refractivity contribution in [3.63, 3.8) is 0 Å². The van der Waals surface area contributed by atoms with Crippen molar-refractivity contribution in [2.45, 2.75) is 58.4 Å². The largest absolute Gasteiger partial charge is 0.247 e. The molecule has 0 saturated heterocycles. The molecule has 4 nitrogen and oxygen atoms in total. The Morgan fingerprint density at radius 1 is 1.20 bits per heavy atom. The second-order valence-corrected chi connectivity index (χ2v) is 7.43. The molecule has 0 unspecified atom stereocenters. The van der Waals surface area contributed by atoms with Gasteiger partial charge in [-0.15, -0.1) is 5.10 Å². The van der Waals surface area contributed by atoms with Crippen LogP contribution in [0.5, 0.6) is 0 Å². The second-order valence-electron chi connectivity index (χ2n) is 7.43. The highest BCUT2D eigenvalue weighted by Crippen LogP contribution is 2.60. The number of hydrogen-bond acceptors (Lipinski definition) is 3. The smallest absolute Gasteiger partial charge is 0.185 e. The van der Waals surface area contributed by atoms with Gasteiger partial charge in [0.25, 0.3) is 0 Å². The predicted molar refractivity (Wildman–Crippen MR) is 74.7 cm³/mol. The Labute approximate surface area is 120 Å². The van der Waals surface area contributed by atoms with Crippen LogP contribution in [0.3, 0.4) is 0 Å². The fraction of sp³-hybridized carbons (Fsp3) is 0.812. The number of aromatic nitrogens is 3. The molecule has 1 heterocycles. The summed E-state index contributed by atoms with van der Waals surface area (Å²) in [5.41, 5.74) is 2.01. The Morgan fingerprint density at radius 3 is 2.30 bits per heavy atom. The maximum absolute atomic E-state index is 9.13. The first-order valence-corrected chi connectivity index (χ1v) is 8.04. The van der Waals surface area contributed by atoms with Crippen molar-refractivity contribution in [1.82, 2.24) is 15.0 Å². The summed E-state index contributed by atoms with van der Waals surface area (Å²) in [7, 11) is 0. The molecule has 0 radical (unpaired) electrons. The molecule has 5 rings (SSSR count). The summed E-state index contributed by atoms with van der Waals surface area (Å²) in [5.74, 6) is 2.89. The lowest BCUT2D eigenvalue weighted by Gasteiger charge is -2.56. The van der Waals surface area contributed by atoms with E-state index in [1.807, 2.05) is 4.68 Å². The van der Waals surface area contributed by atoms with Crippen molar-refractivity contribution >= 4 is 0 Å². The van der Waals surface area contributed by atoms with E-state index in [4.69, 9.17) is 5.26 Å². The van der Waals surface area contributed by atoms with E-state index in [0.29, 0.717) is 11.1 Å². The molecule has 0 atom stereocenters. The zero-order valence-electron chi connectivity index (χ0n) is 12.2. The van der Waals surface area contributed by atoms with Crippen LogP contribution in [0.2, 0.25) is 0 Å². The van der Waals surface area contributed by atoms with Gasteiger partial charge < -0.3 is 0 Å². The van der Waals surface area contributed by atoms with E-state index in [1.165, 1.54) is 38.5 Å². The average molecular weight is 270 g/mol. The van der Waals surface area contributed by atoms with Crippen LogP contribution in [0.25, 0.3) is 0 Å².